The molecule has 98 valence electrons. The summed E-state index contributed by atoms with van der Waals surface area (Å²) < 4.78 is 5.30. The summed E-state index contributed by atoms with van der Waals surface area (Å²) in [7, 11) is 1.59. The second kappa shape index (κ2) is 4.45. The lowest BCUT2D eigenvalue weighted by molar-refractivity contribution is 0.182. The van der Waals surface area contributed by atoms with Crippen LogP contribution in [0.25, 0.3) is 0 Å². The van der Waals surface area contributed by atoms with Gasteiger partial charge in [-0.05, 0) is 23.1 Å². The summed E-state index contributed by atoms with van der Waals surface area (Å²) in [6.07, 6.45) is -1.03. The zero-order valence-corrected chi connectivity index (χ0v) is 11.0. The van der Waals surface area contributed by atoms with E-state index in [1.54, 1.807) is 7.11 Å². The van der Waals surface area contributed by atoms with Gasteiger partial charge in [-0.15, -0.1) is 5.11 Å². The van der Waals surface area contributed by atoms with Crippen LogP contribution in [0.4, 0.5) is 5.69 Å². The number of aliphatic hydroxyl groups is 1. The monoisotopic (exact) mass is 250 g/mol. The summed E-state index contributed by atoms with van der Waals surface area (Å²) in [6, 6.07) is 5.85. The van der Waals surface area contributed by atoms with Crippen molar-refractivity contribution < 1.29 is 9.84 Å². The molecule has 6 heteroatoms. The first-order chi connectivity index (χ1) is 8.43. The molecule has 2 N–H and O–H groups in total. The van der Waals surface area contributed by atoms with Crippen LogP contribution in [0.5, 0.6) is 5.75 Å². The number of hydrazine groups is 1. The molecule has 1 aromatic rings. The number of nitrogens with zero attached hydrogens (tertiary/aromatic N) is 3. The predicted octanol–water partition coefficient (Wildman–Crippen LogP) is 1.96. The normalized spacial score (nSPS) is 18.9. The van der Waals surface area contributed by atoms with Crippen LogP contribution in [0.15, 0.2) is 28.5 Å². The standard InChI is InChI=1S/C12H18N4O2/c1-12(2,3)8-5-6-10(18-4)9(7-8)16-11(17)13-14-15-16/h5-7,11,17H,1-4H3,(H,13,15). The molecule has 1 aromatic carbocycles. The quantitative estimate of drug-likeness (QED) is 0.841. The first-order valence-corrected chi connectivity index (χ1v) is 5.75. The van der Waals surface area contributed by atoms with Gasteiger partial charge in [-0.1, -0.05) is 32.1 Å². The molecule has 1 unspecified atom stereocenters. The minimum atomic E-state index is -1.03. The summed E-state index contributed by atoms with van der Waals surface area (Å²) in [4.78, 5) is 0. The van der Waals surface area contributed by atoms with E-state index in [0.29, 0.717) is 11.4 Å². The fraction of sp³-hybridized carbons (Fsp3) is 0.500. The minimum absolute atomic E-state index is 0.0139. The SMILES string of the molecule is COc1ccc(C(C)(C)C)cc1N1NN=NC1O. The van der Waals surface area contributed by atoms with E-state index in [1.165, 1.54) is 5.01 Å². The maximum atomic E-state index is 9.70. The first kappa shape index (κ1) is 12.6. The summed E-state index contributed by atoms with van der Waals surface area (Å²) in [6.45, 7) is 6.38. The van der Waals surface area contributed by atoms with Gasteiger partial charge in [0, 0.05) is 0 Å². The van der Waals surface area contributed by atoms with Crippen LogP contribution in [-0.2, 0) is 5.41 Å². The van der Waals surface area contributed by atoms with Crippen LogP contribution in [0.2, 0.25) is 0 Å². The van der Waals surface area contributed by atoms with E-state index in [-0.39, 0.29) is 5.41 Å². The molecule has 1 aliphatic rings. The molecular formula is C12H18N4O2. The number of hydrogen-bond donors (Lipinski definition) is 2. The zero-order valence-electron chi connectivity index (χ0n) is 11.0. The highest BCUT2D eigenvalue weighted by Gasteiger charge is 2.25. The number of aliphatic hydroxyl groups excluding tert-OH is 1. The Morgan fingerprint density at radius 3 is 2.61 bits per heavy atom. The molecule has 0 bridgehead atoms. The summed E-state index contributed by atoms with van der Waals surface area (Å²) >= 11 is 0. The molecule has 0 saturated carbocycles. The lowest BCUT2D eigenvalue weighted by Crippen LogP contribution is -2.37. The largest absolute Gasteiger partial charge is 0.495 e. The molecule has 1 atom stereocenters. The third-order valence-electron chi connectivity index (χ3n) is 2.85. The highest BCUT2D eigenvalue weighted by molar-refractivity contribution is 5.60. The van der Waals surface area contributed by atoms with Crippen LogP contribution < -0.4 is 15.3 Å². The van der Waals surface area contributed by atoms with Crippen molar-refractivity contribution in [3.8, 4) is 5.75 Å². The number of rotatable bonds is 2. The molecule has 0 amide bonds. The highest BCUT2D eigenvalue weighted by atomic mass is 16.5. The summed E-state index contributed by atoms with van der Waals surface area (Å²) in [5, 5.41) is 18.3. The van der Waals surface area contributed by atoms with Gasteiger partial charge >= 0.3 is 0 Å². The van der Waals surface area contributed by atoms with Crippen molar-refractivity contribution in [2.24, 2.45) is 10.3 Å². The van der Waals surface area contributed by atoms with E-state index < -0.39 is 6.35 Å². The fourth-order valence-electron chi connectivity index (χ4n) is 1.75. The van der Waals surface area contributed by atoms with Gasteiger partial charge in [0.1, 0.15) is 11.4 Å². The molecule has 18 heavy (non-hydrogen) atoms. The zero-order chi connectivity index (χ0) is 13.3. The average Bonchev–Trinajstić information content (AvgIpc) is 2.73. The average molecular weight is 250 g/mol. The number of hydrogen-bond acceptors (Lipinski definition) is 6. The van der Waals surface area contributed by atoms with Gasteiger partial charge in [-0.25, -0.2) is 5.01 Å². The molecule has 0 spiro atoms. The Balaban J connectivity index is 2.43. The maximum absolute atomic E-state index is 9.70. The van der Waals surface area contributed by atoms with Crippen LogP contribution in [0.1, 0.15) is 26.3 Å². The fourth-order valence-corrected chi connectivity index (χ4v) is 1.75. The minimum Gasteiger partial charge on any atom is -0.495 e. The van der Waals surface area contributed by atoms with Crippen LogP contribution in [-0.4, -0.2) is 18.6 Å². The number of benzene rings is 1. The van der Waals surface area contributed by atoms with E-state index in [2.05, 4.69) is 36.6 Å². The van der Waals surface area contributed by atoms with E-state index in [1.807, 2.05) is 18.2 Å². The first-order valence-electron chi connectivity index (χ1n) is 5.75. The van der Waals surface area contributed by atoms with Gasteiger partial charge in [-0.3, -0.25) is 0 Å². The molecule has 0 aromatic heterocycles. The number of methoxy groups -OCH3 is 1. The van der Waals surface area contributed by atoms with E-state index in [4.69, 9.17) is 4.74 Å². The Hall–Kier alpha value is -1.82. The Morgan fingerprint density at radius 1 is 1.39 bits per heavy atom. The molecule has 0 radical (unpaired) electrons. The second-order valence-corrected chi connectivity index (χ2v) is 5.17. The molecule has 1 aliphatic heterocycles. The lowest BCUT2D eigenvalue weighted by Gasteiger charge is -2.25. The van der Waals surface area contributed by atoms with Crippen molar-refractivity contribution in [1.82, 2.24) is 5.53 Å². The Bertz CT molecular complexity index is 468. The van der Waals surface area contributed by atoms with Crippen molar-refractivity contribution in [3.63, 3.8) is 0 Å². The molecule has 0 aliphatic carbocycles. The molecule has 6 nitrogen and oxygen atoms in total. The third kappa shape index (κ3) is 2.24. The topological polar surface area (TPSA) is 69.5 Å². The van der Waals surface area contributed by atoms with Crippen molar-refractivity contribution >= 4 is 5.69 Å². The van der Waals surface area contributed by atoms with E-state index >= 15 is 0 Å². The highest BCUT2D eigenvalue weighted by Crippen LogP contribution is 2.34. The van der Waals surface area contributed by atoms with E-state index in [9.17, 15) is 5.11 Å². The summed E-state index contributed by atoms with van der Waals surface area (Å²) in [5.41, 5.74) is 4.50. The van der Waals surface area contributed by atoms with E-state index in [0.717, 1.165) is 5.56 Å². The number of anilines is 1. The van der Waals surface area contributed by atoms with Crippen molar-refractivity contribution in [1.29, 1.82) is 0 Å². The molecule has 2 rings (SSSR count). The number of ether oxygens (including phenoxy) is 1. The van der Waals surface area contributed by atoms with Crippen LogP contribution >= 0.6 is 0 Å². The molecule has 0 fully saturated rings. The number of nitrogens with one attached hydrogen (secondary N) is 1. The second-order valence-electron chi connectivity index (χ2n) is 5.17. The molecule has 1 heterocycles. The third-order valence-corrected chi connectivity index (χ3v) is 2.85. The Morgan fingerprint density at radius 2 is 2.11 bits per heavy atom. The van der Waals surface area contributed by atoms with Crippen LogP contribution in [0.3, 0.4) is 0 Å². The van der Waals surface area contributed by atoms with Gasteiger partial charge in [0.2, 0.25) is 0 Å². The van der Waals surface area contributed by atoms with Gasteiger partial charge in [-0.2, -0.15) is 5.53 Å². The Labute approximate surface area is 106 Å². The van der Waals surface area contributed by atoms with Gasteiger partial charge < -0.3 is 9.84 Å². The Kier molecular flexibility index (Phi) is 3.13. The maximum Gasteiger partial charge on any atom is 0.265 e. The molecule has 0 saturated heterocycles. The smallest absolute Gasteiger partial charge is 0.265 e. The lowest BCUT2D eigenvalue weighted by atomic mass is 9.87. The van der Waals surface area contributed by atoms with Crippen molar-refractivity contribution in [2.45, 2.75) is 32.5 Å². The van der Waals surface area contributed by atoms with Crippen molar-refractivity contribution in [3.05, 3.63) is 23.8 Å². The predicted molar refractivity (Wildman–Crippen MR) is 68.2 cm³/mol. The van der Waals surface area contributed by atoms with Crippen LogP contribution in [0, 0.1) is 0 Å². The van der Waals surface area contributed by atoms with Gasteiger partial charge in [0.15, 0.2) is 0 Å². The molecular weight excluding hydrogens is 232 g/mol. The van der Waals surface area contributed by atoms with Gasteiger partial charge in [0.05, 0.1) is 7.11 Å². The summed E-state index contributed by atoms with van der Waals surface area (Å²) in [5.74, 6) is 0.654. The van der Waals surface area contributed by atoms with Gasteiger partial charge in [0.25, 0.3) is 6.35 Å². The van der Waals surface area contributed by atoms with Crippen molar-refractivity contribution in [2.75, 3.05) is 12.1 Å².